The lowest BCUT2D eigenvalue weighted by atomic mass is 9.98. The van der Waals surface area contributed by atoms with Crippen molar-refractivity contribution in [3.05, 3.63) is 0 Å². The summed E-state index contributed by atoms with van der Waals surface area (Å²) in [6, 6.07) is -18.9. The van der Waals surface area contributed by atoms with Crippen molar-refractivity contribution in [3.8, 4) is 0 Å². The van der Waals surface area contributed by atoms with Gasteiger partial charge in [0.25, 0.3) is 0 Å². The molecule has 0 aliphatic rings. The van der Waals surface area contributed by atoms with Crippen molar-refractivity contribution in [1.82, 2.24) is 58.5 Å². The molecule has 0 bridgehead atoms. The minimum atomic E-state index is -2.16. The Labute approximate surface area is 472 Å². The molecule has 0 spiro atoms. The molecule has 0 aliphatic carbocycles. The summed E-state index contributed by atoms with van der Waals surface area (Å²) in [7, 11) is 0. The molecule has 12 atom stereocenters. The molecule has 83 heavy (non-hydrogen) atoms. The molecule has 0 aromatic rings. The maximum atomic E-state index is 13.6. The molecule has 23 N–H and O–H groups in total. The van der Waals surface area contributed by atoms with Crippen LogP contribution in [0.2, 0.25) is 0 Å². The molecular weight excluding hydrogens is 1120 g/mol. The fraction of sp³-hybridized carbons (Fsp3) is 0.652. The highest BCUT2D eigenvalue weighted by Crippen LogP contribution is 2.11. The molecule has 0 rings (SSSR count). The fourth-order valence-corrected chi connectivity index (χ4v) is 7.01. The number of hydrogen-bond acceptors (Lipinski definition) is 21. The largest absolute Gasteiger partial charge is 0.481 e. The van der Waals surface area contributed by atoms with E-state index in [1.807, 2.05) is 42.5 Å². The first kappa shape index (κ1) is 74.3. The van der Waals surface area contributed by atoms with Gasteiger partial charge < -0.3 is 111 Å². The minimum absolute atomic E-state index is 0.0567. The third-order valence-corrected chi connectivity index (χ3v) is 11.6. The summed E-state index contributed by atoms with van der Waals surface area (Å²) in [6.45, 7) is 2.14. The molecule has 0 aromatic heterocycles. The van der Waals surface area contributed by atoms with Gasteiger partial charge in [0.2, 0.25) is 70.9 Å². The summed E-state index contributed by atoms with van der Waals surface area (Å²) in [5.41, 5.74) is 10.6. The quantitative estimate of drug-likeness (QED) is 0.0271. The summed E-state index contributed by atoms with van der Waals surface area (Å²) in [5, 5.41) is 101. The average Bonchev–Trinajstić information content (AvgIpc) is 3.47. The number of aliphatic hydroxyl groups excluding tert-OH is 4. The summed E-state index contributed by atoms with van der Waals surface area (Å²) < 4.78 is 0. The first-order valence-electron chi connectivity index (χ1n) is 25.3. The molecule has 12 amide bonds. The second-order valence-electron chi connectivity index (χ2n) is 18.9. The van der Waals surface area contributed by atoms with E-state index in [-0.39, 0.29) is 18.8 Å². The summed E-state index contributed by atoms with van der Waals surface area (Å²) in [4.78, 5) is 203. The lowest BCUT2D eigenvalue weighted by molar-refractivity contribution is -0.145. The van der Waals surface area contributed by atoms with Gasteiger partial charge in [-0.15, -0.1) is 0 Å². The lowest BCUT2D eigenvalue weighted by Crippen LogP contribution is -2.62. The van der Waals surface area contributed by atoms with Crippen LogP contribution in [0.3, 0.4) is 0 Å². The van der Waals surface area contributed by atoms with Crippen molar-refractivity contribution in [3.63, 3.8) is 0 Å². The van der Waals surface area contributed by atoms with E-state index in [1.54, 1.807) is 20.8 Å². The number of rotatable bonds is 40. The predicted octanol–water partition coefficient (Wildman–Crippen LogP) is -10.9. The Morgan fingerprint density at radius 1 is 0.434 bits per heavy atom. The Kier molecular flexibility index (Phi) is 33.4. The van der Waals surface area contributed by atoms with E-state index in [9.17, 15) is 118 Å². The van der Waals surface area contributed by atoms with Crippen molar-refractivity contribution in [2.75, 3.05) is 32.9 Å². The van der Waals surface area contributed by atoms with Crippen LogP contribution in [0.5, 0.6) is 0 Å². The molecule has 468 valence electrons. The lowest BCUT2D eigenvalue weighted by Gasteiger charge is -2.28. The maximum Gasteiger partial charge on any atom is 0.326 e. The van der Waals surface area contributed by atoms with Crippen LogP contribution in [0.4, 0.5) is 0 Å². The standard InChI is InChI=1S/C46H75N13O24/c1-6-19(4)35(46(82)83)58-41(77)25(12-34(71)72)55-44(80)27(16-61)56-38(74)21(7-8-32(67)68)52-45(81)36(20(5)63)59-40(76)23(10-29(48)64)53-42(78)26(15-60)51-31(66)14-49-37(73)24(11-33(69)70)54-43(79)28(17-62)57-39(75)22(9-18(2)3)50-30(65)13-47/h18-28,35-36,60-63H,6-17,47H2,1-5H3,(H2,48,64)(H,49,73)(H,50,65)(H,51,66)(H,52,81)(H,53,78)(H,54,79)(H,55,80)(H,56,74)(H,57,75)(H,58,77)(H,59,76)(H,67,68)(H,69,70)(H,71,72)(H,82,83)/t19-,20+,21-,22-,23-,24-,25-,26-,27-,28-,35-,36-/m0/s1. The van der Waals surface area contributed by atoms with Gasteiger partial charge in [0.05, 0.1) is 58.3 Å². The molecule has 37 nitrogen and oxygen atoms in total. The Morgan fingerprint density at radius 3 is 1.19 bits per heavy atom. The van der Waals surface area contributed by atoms with Crippen LogP contribution in [0.25, 0.3) is 0 Å². The number of carbonyl (C=O) groups is 16. The van der Waals surface area contributed by atoms with Gasteiger partial charge in [0, 0.05) is 6.42 Å². The molecule has 0 aliphatic heterocycles. The van der Waals surface area contributed by atoms with Gasteiger partial charge in [-0.3, -0.25) is 71.9 Å². The Hall–Kier alpha value is -8.68. The molecule has 0 aromatic carbocycles. The number of carbonyl (C=O) groups excluding carboxylic acids is 12. The van der Waals surface area contributed by atoms with Crippen LogP contribution in [-0.4, -0.2) is 235 Å². The van der Waals surface area contributed by atoms with Crippen LogP contribution in [0, 0.1) is 11.8 Å². The van der Waals surface area contributed by atoms with Crippen LogP contribution in [0.1, 0.15) is 79.6 Å². The average molecular weight is 1190 g/mol. The highest BCUT2D eigenvalue weighted by molar-refractivity contribution is 6.00. The molecule has 0 saturated heterocycles. The predicted molar refractivity (Wildman–Crippen MR) is 276 cm³/mol. The Bertz CT molecular complexity index is 2360. The van der Waals surface area contributed by atoms with E-state index in [1.165, 1.54) is 6.92 Å². The zero-order chi connectivity index (χ0) is 64.0. The monoisotopic (exact) mass is 1190 g/mol. The van der Waals surface area contributed by atoms with Crippen molar-refractivity contribution in [2.24, 2.45) is 23.3 Å². The van der Waals surface area contributed by atoms with Gasteiger partial charge in [0.1, 0.15) is 60.4 Å². The molecule has 0 radical (unpaired) electrons. The summed E-state index contributed by atoms with van der Waals surface area (Å²) in [5.74, 6) is -22.7. The Balaban J connectivity index is 6.27. The topological polar surface area (TPSA) is 619 Å². The van der Waals surface area contributed by atoms with E-state index in [2.05, 4.69) is 16.0 Å². The first-order valence-corrected chi connectivity index (χ1v) is 25.3. The number of aliphatic carboxylic acids is 4. The highest BCUT2D eigenvalue weighted by Gasteiger charge is 2.38. The van der Waals surface area contributed by atoms with E-state index in [0.29, 0.717) is 0 Å². The summed E-state index contributed by atoms with van der Waals surface area (Å²) >= 11 is 0. The third-order valence-electron chi connectivity index (χ3n) is 11.6. The number of aliphatic hydroxyl groups is 4. The van der Waals surface area contributed by atoms with Crippen molar-refractivity contribution in [1.29, 1.82) is 0 Å². The van der Waals surface area contributed by atoms with Gasteiger partial charge in [-0.05, 0) is 31.6 Å². The molecule has 0 fully saturated rings. The number of amides is 12. The third kappa shape index (κ3) is 28.0. The van der Waals surface area contributed by atoms with Gasteiger partial charge >= 0.3 is 23.9 Å². The number of primary amides is 1. The minimum Gasteiger partial charge on any atom is -0.481 e. The van der Waals surface area contributed by atoms with Gasteiger partial charge in [-0.25, -0.2) is 4.79 Å². The van der Waals surface area contributed by atoms with E-state index in [0.717, 1.165) is 6.92 Å². The van der Waals surface area contributed by atoms with Crippen molar-refractivity contribution < 1.29 is 118 Å². The number of nitrogens with two attached hydrogens (primary N) is 2. The SMILES string of the molecule is CC[C@H](C)[C@H](NC(=O)[C@H](CC(=O)O)NC(=O)[C@H](CO)NC(=O)[C@H](CCC(=O)O)NC(=O)[C@@H](NC(=O)[C@H](CC(N)=O)NC(=O)[C@H](CO)NC(=O)CNC(=O)[C@H](CC(=O)O)NC(=O)[C@H](CO)NC(=O)[C@H](CC(C)C)NC(=O)CN)[C@@H](C)O)C(=O)O. The van der Waals surface area contributed by atoms with Crippen LogP contribution < -0.4 is 70.0 Å². The molecule has 37 heteroatoms. The van der Waals surface area contributed by atoms with Crippen molar-refractivity contribution in [2.45, 2.75) is 146 Å². The normalized spacial score (nSPS) is 15.3. The van der Waals surface area contributed by atoms with E-state index >= 15 is 0 Å². The number of nitrogens with one attached hydrogen (secondary N) is 11. The number of carboxylic acid groups (broad SMARTS) is 4. The van der Waals surface area contributed by atoms with Gasteiger partial charge in [0.15, 0.2) is 0 Å². The molecular formula is C46H75N13O24. The van der Waals surface area contributed by atoms with E-state index in [4.69, 9.17) is 11.5 Å². The van der Waals surface area contributed by atoms with Gasteiger partial charge in [-0.2, -0.15) is 0 Å². The molecule has 0 unspecified atom stereocenters. The highest BCUT2D eigenvalue weighted by atomic mass is 16.4. The number of carboxylic acids is 4. The zero-order valence-corrected chi connectivity index (χ0v) is 45.8. The summed E-state index contributed by atoms with van der Waals surface area (Å²) in [6.07, 6.45) is -6.68. The fourth-order valence-electron chi connectivity index (χ4n) is 7.01. The van der Waals surface area contributed by atoms with Gasteiger partial charge in [-0.1, -0.05) is 34.1 Å². The first-order chi connectivity index (χ1) is 38.7. The second kappa shape index (κ2) is 37.4. The number of hydrogen-bond donors (Lipinski definition) is 21. The Morgan fingerprint density at radius 2 is 0.807 bits per heavy atom. The van der Waals surface area contributed by atoms with E-state index < -0.39 is 232 Å². The maximum absolute atomic E-state index is 13.6. The van der Waals surface area contributed by atoms with Crippen LogP contribution in [0.15, 0.2) is 0 Å². The smallest absolute Gasteiger partial charge is 0.326 e. The van der Waals surface area contributed by atoms with Crippen molar-refractivity contribution >= 4 is 94.8 Å². The van der Waals surface area contributed by atoms with Crippen LogP contribution >= 0.6 is 0 Å². The molecule has 0 saturated carbocycles. The second-order valence-corrected chi connectivity index (χ2v) is 18.9. The zero-order valence-electron chi connectivity index (χ0n) is 45.8. The van der Waals surface area contributed by atoms with Crippen LogP contribution in [-0.2, 0) is 76.7 Å². The molecule has 0 heterocycles.